The van der Waals surface area contributed by atoms with Crippen LogP contribution in [0.1, 0.15) is 75.3 Å². The lowest BCUT2D eigenvalue weighted by atomic mass is 9.98. The molecule has 0 nitrogen and oxygen atoms in total. The summed E-state index contributed by atoms with van der Waals surface area (Å²) in [5.41, 5.74) is 3.04. The highest BCUT2D eigenvalue weighted by Gasteiger charge is 2.02. The molecule has 166 valence electrons. The summed E-state index contributed by atoms with van der Waals surface area (Å²) in [6.07, 6.45) is 16.3. The molecular formula is C32H38. The summed E-state index contributed by atoms with van der Waals surface area (Å²) in [5.74, 6) is 0. The Hall–Kier alpha value is -2.60. The van der Waals surface area contributed by atoms with E-state index in [2.05, 4.69) is 84.9 Å². The second kappa shape index (κ2) is 12.4. The summed E-state index contributed by atoms with van der Waals surface area (Å²) in [6, 6.07) is 31.1. The van der Waals surface area contributed by atoms with E-state index in [9.17, 15) is 0 Å². The van der Waals surface area contributed by atoms with Gasteiger partial charge < -0.3 is 0 Å². The number of hydrogen-bond acceptors (Lipinski definition) is 0. The molecule has 0 atom stereocenters. The van der Waals surface area contributed by atoms with E-state index in [0.717, 1.165) is 0 Å². The van der Waals surface area contributed by atoms with Gasteiger partial charge in [-0.25, -0.2) is 0 Å². The van der Waals surface area contributed by atoms with E-state index in [1.807, 2.05) is 0 Å². The first-order chi connectivity index (χ1) is 15.9. The first kappa shape index (κ1) is 22.6. The Balaban J connectivity index is 1.02. The lowest BCUT2D eigenvalue weighted by Gasteiger charge is -2.07. The maximum absolute atomic E-state index is 2.31. The summed E-state index contributed by atoms with van der Waals surface area (Å²) in [5, 5.41) is 5.63. The van der Waals surface area contributed by atoms with Crippen molar-refractivity contribution >= 4 is 21.5 Å². The fourth-order valence-electron chi connectivity index (χ4n) is 5.07. The third-order valence-electron chi connectivity index (χ3n) is 6.90. The van der Waals surface area contributed by atoms with Gasteiger partial charge in [-0.1, -0.05) is 136 Å². The fourth-order valence-corrected chi connectivity index (χ4v) is 5.07. The number of rotatable bonds is 13. The van der Waals surface area contributed by atoms with Crippen LogP contribution >= 0.6 is 0 Å². The van der Waals surface area contributed by atoms with Gasteiger partial charge >= 0.3 is 0 Å². The summed E-state index contributed by atoms with van der Waals surface area (Å²) >= 11 is 0. The van der Waals surface area contributed by atoms with Crippen molar-refractivity contribution in [2.24, 2.45) is 0 Å². The summed E-state index contributed by atoms with van der Waals surface area (Å²) in [4.78, 5) is 0. The molecule has 32 heavy (non-hydrogen) atoms. The van der Waals surface area contributed by atoms with E-state index in [0.29, 0.717) is 0 Å². The molecule has 0 unspecified atom stereocenters. The van der Waals surface area contributed by atoms with E-state index in [-0.39, 0.29) is 0 Å². The first-order valence-corrected chi connectivity index (χ1v) is 12.8. The van der Waals surface area contributed by atoms with Crippen LogP contribution in [0.25, 0.3) is 21.5 Å². The largest absolute Gasteiger partial charge is 0.0616 e. The maximum atomic E-state index is 2.31. The molecule has 0 aliphatic carbocycles. The molecule has 0 saturated heterocycles. The molecule has 0 heteroatoms. The van der Waals surface area contributed by atoms with E-state index in [4.69, 9.17) is 0 Å². The summed E-state index contributed by atoms with van der Waals surface area (Å²) < 4.78 is 0. The molecule has 0 N–H and O–H groups in total. The Morgan fingerprint density at radius 1 is 0.312 bits per heavy atom. The van der Waals surface area contributed by atoms with Crippen LogP contribution in [0.5, 0.6) is 0 Å². The fraction of sp³-hybridized carbons (Fsp3) is 0.375. The van der Waals surface area contributed by atoms with Crippen molar-refractivity contribution in [1.82, 2.24) is 0 Å². The second-order valence-corrected chi connectivity index (χ2v) is 9.31. The first-order valence-electron chi connectivity index (χ1n) is 12.8. The number of benzene rings is 4. The van der Waals surface area contributed by atoms with E-state index < -0.39 is 0 Å². The average molecular weight is 423 g/mol. The van der Waals surface area contributed by atoms with Crippen LogP contribution in [-0.4, -0.2) is 0 Å². The molecule has 0 aliphatic rings. The minimum absolute atomic E-state index is 1.22. The van der Waals surface area contributed by atoms with Gasteiger partial charge in [0.05, 0.1) is 0 Å². The zero-order valence-corrected chi connectivity index (χ0v) is 19.6. The Labute approximate surface area is 194 Å². The van der Waals surface area contributed by atoms with Gasteiger partial charge in [-0.05, 0) is 58.4 Å². The van der Waals surface area contributed by atoms with Gasteiger partial charge in [0.15, 0.2) is 0 Å². The Morgan fingerprint density at radius 3 is 1.09 bits per heavy atom. The van der Waals surface area contributed by atoms with Gasteiger partial charge in [-0.3, -0.25) is 0 Å². The molecule has 0 bridgehead atoms. The third kappa shape index (κ3) is 6.45. The van der Waals surface area contributed by atoms with Crippen molar-refractivity contribution in [2.45, 2.75) is 77.0 Å². The smallest absolute Gasteiger partial charge is 0.0152 e. The van der Waals surface area contributed by atoms with Crippen LogP contribution in [0, 0.1) is 0 Å². The Morgan fingerprint density at radius 2 is 0.656 bits per heavy atom. The van der Waals surface area contributed by atoms with Crippen LogP contribution in [0.15, 0.2) is 84.9 Å². The zero-order chi connectivity index (χ0) is 21.8. The monoisotopic (exact) mass is 422 g/mol. The predicted molar refractivity (Wildman–Crippen MR) is 141 cm³/mol. The molecule has 0 aromatic heterocycles. The molecule has 0 aliphatic heterocycles. The Kier molecular flexibility index (Phi) is 8.78. The van der Waals surface area contributed by atoms with Crippen LogP contribution in [0.4, 0.5) is 0 Å². The molecular weight excluding hydrogens is 384 g/mol. The average Bonchev–Trinajstić information content (AvgIpc) is 2.85. The predicted octanol–water partition coefficient (Wildman–Crippen LogP) is 9.68. The van der Waals surface area contributed by atoms with Gasteiger partial charge in [0.1, 0.15) is 0 Å². The van der Waals surface area contributed by atoms with Crippen molar-refractivity contribution in [3.63, 3.8) is 0 Å². The number of hydrogen-bond donors (Lipinski definition) is 0. The van der Waals surface area contributed by atoms with Crippen molar-refractivity contribution in [2.75, 3.05) is 0 Å². The number of fused-ring (bicyclic) bond motifs is 2. The topological polar surface area (TPSA) is 0 Å². The lowest BCUT2D eigenvalue weighted by molar-refractivity contribution is 0.551. The number of aryl methyl sites for hydroxylation is 2. The molecule has 0 heterocycles. The molecule has 0 radical (unpaired) electrons. The quantitative estimate of drug-likeness (QED) is 0.188. The van der Waals surface area contributed by atoms with Crippen molar-refractivity contribution in [3.8, 4) is 0 Å². The van der Waals surface area contributed by atoms with Crippen molar-refractivity contribution < 1.29 is 0 Å². The minimum Gasteiger partial charge on any atom is -0.0616 e. The highest BCUT2D eigenvalue weighted by Crippen LogP contribution is 2.22. The van der Waals surface area contributed by atoms with E-state index in [1.165, 1.54) is 110 Å². The van der Waals surface area contributed by atoms with Crippen molar-refractivity contribution in [1.29, 1.82) is 0 Å². The second-order valence-electron chi connectivity index (χ2n) is 9.31. The third-order valence-corrected chi connectivity index (χ3v) is 6.90. The molecule has 0 amide bonds. The van der Waals surface area contributed by atoms with E-state index in [1.54, 1.807) is 0 Å². The number of unbranched alkanes of at least 4 members (excludes halogenated alkanes) is 9. The zero-order valence-electron chi connectivity index (χ0n) is 19.6. The van der Waals surface area contributed by atoms with Crippen LogP contribution < -0.4 is 0 Å². The SMILES string of the molecule is c1ccc2c(CCCCCCCCCCCCc3cccc4ccccc34)cccc2c1. The van der Waals surface area contributed by atoms with E-state index >= 15 is 0 Å². The maximum Gasteiger partial charge on any atom is -0.0152 e. The lowest BCUT2D eigenvalue weighted by Crippen LogP contribution is -1.89. The standard InChI is InChI=1S/C32H38/c1(3-5-7-9-17-27-21-15-23-29-19-11-13-25-31(27)29)2-4-6-8-10-18-28-22-16-24-30-20-12-14-26-32(28)30/h11-16,19-26H,1-10,17-18H2. The normalized spacial score (nSPS) is 11.4. The minimum atomic E-state index is 1.22. The molecule has 4 rings (SSSR count). The molecule has 0 saturated carbocycles. The highest BCUT2D eigenvalue weighted by molar-refractivity contribution is 5.86. The van der Waals surface area contributed by atoms with Gasteiger partial charge in [0, 0.05) is 0 Å². The molecule has 0 fully saturated rings. The molecule has 4 aromatic rings. The van der Waals surface area contributed by atoms with Crippen LogP contribution in [-0.2, 0) is 12.8 Å². The van der Waals surface area contributed by atoms with Crippen LogP contribution in [0.2, 0.25) is 0 Å². The van der Waals surface area contributed by atoms with Gasteiger partial charge in [-0.2, -0.15) is 0 Å². The summed E-state index contributed by atoms with van der Waals surface area (Å²) in [7, 11) is 0. The summed E-state index contributed by atoms with van der Waals surface area (Å²) in [6.45, 7) is 0. The van der Waals surface area contributed by atoms with Gasteiger partial charge in [0.2, 0.25) is 0 Å². The Bertz CT molecular complexity index is 991. The molecule has 0 spiro atoms. The molecule has 4 aromatic carbocycles. The van der Waals surface area contributed by atoms with Gasteiger partial charge in [0.25, 0.3) is 0 Å². The van der Waals surface area contributed by atoms with Crippen molar-refractivity contribution in [3.05, 3.63) is 96.1 Å². The highest BCUT2D eigenvalue weighted by atomic mass is 14.1. The van der Waals surface area contributed by atoms with Crippen LogP contribution in [0.3, 0.4) is 0 Å². The van der Waals surface area contributed by atoms with Gasteiger partial charge in [-0.15, -0.1) is 0 Å².